The van der Waals surface area contributed by atoms with Crippen LogP contribution in [0.5, 0.6) is 0 Å². The molecule has 1 saturated heterocycles. The molecule has 1 atom stereocenters. The topological polar surface area (TPSA) is 44.4 Å². The summed E-state index contributed by atoms with van der Waals surface area (Å²) in [6.45, 7) is 4.88. The molecule has 1 unspecified atom stereocenters. The standard InChI is InChI=1S/C17H26FN3O/c1-13(17(22)20-16-5-3-4-15(18)12-16)21-10-7-14(8-11-21)6-9-19-2/h3-5,12-14,19H,6-11H2,1-2H3,(H,20,22). The van der Waals surface area contributed by atoms with Gasteiger partial charge in [0.2, 0.25) is 5.91 Å². The number of halogens is 1. The van der Waals surface area contributed by atoms with Crippen LogP contribution in [0.1, 0.15) is 26.2 Å². The lowest BCUT2D eigenvalue weighted by Gasteiger charge is -2.35. The molecule has 0 saturated carbocycles. The summed E-state index contributed by atoms with van der Waals surface area (Å²) in [7, 11) is 1.98. The predicted octanol–water partition coefficient (Wildman–Crippen LogP) is 2.47. The summed E-state index contributed by atoms with van der Waals surface area (Å²) in [6.07, 6.45) is 3.48. The summed E-state index contributed by atoms with van der Waals surface area (Å²) in [6, 6.07) is 5.83. The molecular weight excluding hydrogens is 281 g/mol. The van der Waals surface area contributed by atoms with Gasteiger partial charge in [-0.1, -0.05) is 6.07 Å². The Morgan fingerprint density at radius 2 is 2.14 bits per heavy atom. The Hall–Kier alpha value is -1.46. The van der Waals surface area contributed by atoms with Gasteiger partial charge < -0.3 is 10.6 Å². The molecule has 0 aromatic heterocycles. The SMILES string of the molecule is CNCCC1CCN(C(C)C(=O)Nc2cccc(F)c2)CC1. The van der Waals surface area contributed by atoms with Gasteiger partial charge in [0.05, 0.1) is 6.04 Å². The molecule has 1 amide bonds. The Morgan fingerprint density at radius 3 is 2.77 bits per heavy atom. The maximum atomic E-state index is 13.2. The van der Waals surface area contributed by atoms with Crippen molar-refractivity contribution in [2.24, 2.45) is 5.92 Å². The van der Waals surface area contributed by atoms with E-state index in [0.717, 1.165) is 38.4 Å². The summed E-state index contributed by atoms with van der Waals surface area (Å²) in [5.41, 5.74) is 0.515. The molecule has 2 N–H and O–H groups in total. The van der Waals surface area contributed by atoms with E-state index in [-0.39, 0.29) is 17.8 Å². The molecule has 1 aliphatic rings. The van der Waals surface area contributed by atoms with E-state index in [9.17, 15) is 9.18 Å². The van der Waals surface area contributed by atoms with Crippen molar-refractivity contribution in [1.82, 2.24) is 10.2 Å². The van der Waals surface area contributed by atoms with Gasteiger partial charge in [-0.05, 0) is 77.0 Å². The summed E-state index contributed by atoms with van der Waals surface area (Å²) in [5.74, 6) is 0.345. The molecule has 0 bridgehead atoms. The molecule has 1 aromatic carbocycles. The van der Waals surface area contributed by atoms with Crippen molar-refractivity contribution in [2.45, 2.75) is 32.2 Å². The number of benzene rings is 1. The average molecular weight is 307 g/mol. The minimum atomic E-state index is -0.337. The molecule has 0 spiro atoms. The summed E-state index contributed by atoms with van der Waals surface area (Å²) in [4.78, 5) is 14.5. The van der Waals surface area contributed by atoms with Crippen LogP contribution < -0.4 is 10.6 Å². The molecule has 1 aliphatic heterocycles. The smallest absolute Gasteiger partial charge is 0.241 e. The van der Waals surface area contributed by atoms with Crippen LogP contribution in [0.2, 0.25) is 0 Å². The molecule has 0 radical (unpaired) electrons. The fourth-order valence-corrected chi connectivity index (χ4v) is 2.96. The van der Waals surface area contributed by atoms with Crippen LogP contribution >= 0.6 is 0 Å². The van der Waals surface area contributed by atoms with Gasteiger partial charge in [-0.25, -0.2) is 4.39 Å². The number of likely N-dealkylation sites (tertiary alicyclic amines) is 1. The van der Waals surface area contributed by atoms with Crippen LogP contribution in [0, 0.1) is 11.7 Å². The van der Waals surface area contributed by atoms with E-state index in [1.165, 1.54) is 18.6 Å². The average Bonchev–Trinajstić information content (AvgIpc) is 2.52. The van der Waals surface area contributed by atoms with Crippen molar-refractivity contribution < 1.29 is 9.18 Å². The Labute approximate surface area is 132 Å². The zero-order valence-corrected chi connectivity index (χ0v) is 13.4. The minimum Gasteiger partial charge on any atom is -0.325 e. The number of nitrogens with zero attached hydrogens (tertiary/aromatic N) is 1. The molecular formula is C17H26FN3O. The highest BCUT2D eigenvalue weighted by atomic mass is 19.1. The summed E-state index contributed by atoms with van der Waals surface area (Å²) in [5, 5.41) is 5.99. The number of rotatable bonds is 6. The third kappa shape index (κ3) is 4.78. The van der Waals surface area contributed by atoms with Gasteiger partial charge in [-0.2, -0.15) is 0 Å². The van der Waals surface area contributed by atoms with E-state index in [2.05, 4.69) is 15.5 Å². The molecule has 1 fully saturated rings. The number of amides is 1. The minimum absolute atomic E-state index is 0.0701. The molecule has 4 nitrogen and oxygen atoms in total. The van der Waals surface area contributed by atoms with Gasteiger partial charge in [0.25, 0.3) is 0 Å². The maximum Gasteiger partial charge on any atom is 0.241 e. The first-order valence-corrected chi connectivity index (χ1v) is 8.05. The zero-order chi connectivity index (χ0) is 15.9. The van der Waals surface area contributed by atoms with E-state index in [0.29, 0.717) is 5.69 Å². The number of carbonyl (C=O) groups is 1. The Balaban J connectivity index is 1.81. The van der Waals surface area contributed by atoms with Crippen LogP contribution in [0.4, 0.5) is 10.1 Å². The largest absolute Gasteiger partial charge is 0.325 e. The van der Waals surface area contributed by atoms with E-state index in [4.69, 9.17) is 0 Å². The van der Waals surface area contributed by atoms with Crippen molar-refractivity contribution >= 4 is 11.6 Å². The van der Waals surface area contributed by atoms with Crippen LogP contribution in [-0.2, 0) is 4.79 Å². The van der Waals surface area contributed by atoms with E-state index < -0.39 is 0 Å². The highest BCUT2D eigenvalue weighted by Gasteiger charge is 2.26. The fourth-order valence-electron chi connectivity index (χ4n) is 2.96. The number of hydrogen-bond acceptors (Lipinski definition) is 3. The van der Waals surface area contributed by atoms with Gasteiger partial charge in [0.1, 0.15) is 5.82 Å². The lowest BCUT2D eigenvalue weighted by atomic mass is 9.93. The second-order valence-electron chi connectivity index (χ2n) is 6.05. The van der Waals surface area contributed by atoms with Crippen molar-refractivity contribution in [3.05, 3.63) is 30.1 Å². The normalized spacial score (nSPS) is 18.1. The summed E-state index contributed by atoms with van der Waals surface area (Å²) < 4.78 is 13.2. The third-order valence-electron chi connectivity index (χ3n) is 4.47. The first kappa shape index (κ1) is 16.9. The lowest BCUT2D eigenvalue weighted by molar-refractivity contribution is -0.121. The molecule has 122 valence electrons. The monoisotopic (exact) mass is 307 g/mol. The molecule has 1 aromatic rings. The Morgan fingerprint density at radius 1 is 1.41 bits per heavy atom. The molecule has 1 heterocycles. The number of nitrogens with one attached hydrogen (secondary N) is 2. The zero-order valence-electron chi connectivity index (χ0n) is 13.4. The molecule has 0 aliphatic carbocycles. The number of piperidine rings is 1. The van der Waals surface area contributed by atoms with Crippen molar-refractivity contribution in [3.8, 4) is 0 Å². The first-order valence-electron chi connectivity index (χ1n) is 8.05. The van der Waals surface area contributed by atoms with Crippen LogP contribution in [0.15, 0.2) is 24.3 Å². The molecule has 22 heavy (non-hydrogen) atoms. The van der Waals surface area contributed by atoms with Crippen LogP contribution in [0.3, 0.4) is 0 Å². The van der Waals surface area contributed by atoms with E-state index >= 15 is 0 Å². The van der Waals surface area contributed by atoms with Gasteiger partial charge >= 0.3 is 0 Å². The highest BCUT2D eigenvalue weighted by molar-refractivity contribution is 5.94. The van der Waals surface area contributed by atoms with Gasteiger partial charge in [0.15, 0.2) is 0 Å². The van der Waals surface area contributed by atoms with Crippen LogP contribution in [-0.4, -0.2) is 43.5 Å². The quantitative estimate of drug-likeness (QED) is 0.848. The van der Waals surface area contributed by atoms with Gasteiger partial charge in [-0.3, -0.25) is 9.69 Å². The maximum absolute atomic E-state index is 13.2. The Kier molecular flexibility index (Phi) is 6.34. The number of hydrogen-bond donors (Lipinski definition) is 2. The van der Waals surface area contributed by atoms with Crippen LogP contribution in [0.25, 0.3) is 0 Å². The van der Waals surface area contributed by atoms with Crippen molar-refractivity contribution in [2.75, 3.05) is 32.0 Å². The van der Waals surface area contributed by atoms with Gasteiger partial charge in [0, 0.05) is 5.69 Å². The van der Waals surface area contributed by atoms with Crippen molar-refractivity contribution in [3.63, 3.8) is 0 Å². The second-order valence-corrected chi connectivity index (χ2v) is 6.05. The third-order valence-corrected chi connectivity index (χ3v) is 4.47. The predicted molar refractivity (Wildman–Crippen MR) is 87.3 cm³/mol. The number of carbonyl (C=O) groups excluding carboxylic acids is 1. The first-order chi connectivity index (χ1) is 10.6. The van der Waals surface area contributed by atoms with E-state index in [1.54, 1.807) is 12.1 Å². The Bertz CT molecular complexity index is 487. The van der Waals surface area contributed by atoms with Crippen molar-refractivity contribution in [1.29, 1.82) is 0 Å². The second kappa shape index (κ2) is 8.25. The molecule has 5 heteroatoms. The van der Waals surface area contributed by atoms with Gasteiger partial charge in [-0.15, -0.1) is 0 Å². The fraction of sp³-hybridized carbons (Fsp3) is 0.588. The highest BCUT2D eigenvalue weighted by Crippen LogP contribution is 2.22. The van der Waals surface area contributed by atoms with E-state index in [1.807, 2.05) is 14.0 Å². The number of anilines is 1. The summed E-state index contributed by atoms with van der Waals surface area (Å²) >= 11 is 0. The molecule has 2 rings (SSSR count). The lowest BCUT2D eigenvalue weighted by Crippen LogP contribution is -2.46.